The molecule has 1 N–H and O–H groups in total. The largest absolute Gasteiger partial charge is 2.00 e. The third-order valence-corrected chi connectivity index (χ3v) is 1.06. The summed E-state index contributed by atoms with van der Waals surface area (Å²) in [5.74, 6) is 0. The van der Waals surface area contributed by atoms with Gasteiger partial charge in [-0.15, -0.1) is 0 Å². The van der Waals surface area contributed by atoms with E-state index in [1.165, 1.54) is 0 Å². The van der Waals surface area contributed by atoms with Gasteiger partial charge >= 0.3 is 23.1 Å². The van der Waals surface area contributed by atoms with Crippen LogP contribution in [0.15, 0.2) is 30.3 Å². The summed E-state index contributed by atoms with van der Waals surface area (Å²) in [6.07, 6.45) is 0. The van der Waals surface area contributed by atoms with Crippen LogP contribution in [-0.2, 0) is 0 Å². The van der Waals surface area contributed by atoms with E-state index in [9.17, 15) is 0 Å². The Kier molecular flexibility index (Phi) is 16.4. The summed E-state index contributed by atoms with van der Waals surface area (Å²) in [4.78, 5) is 0. The molecule has 0 heterocycles. The second-order valence-electron chi connectivity index (χ2n) is 1.62. The first kappa shape index (κ1) is 17.5. The average molecular weight is 202 g/mol. The fourth-order valence-corrected chi connectivity index (χ4v) is 0.605. The molecule has 0 spiro atoms. The van der Waals surface area contributed by atoms with Crippen molar-refractivity contribution in [3.8, 4) is 0 Å². The Hall–Kier alpha value is 0.366. The Morgan fingerprint density at radius 1 is 1.00 bits per heavy atom. The zero-order valence-corrected chi connectivity index (χ0v) is 9.28. The minimum absolute atomic E-state index is 0. The van der Waals surface area contributed by atoms with Crippen LogP contribution in [0.2, 0.25) is 0 Å². The minimum Gasteiger partial charge on any atom is -1.00 e. The number of nitrogens with one attached hydrogen (secondary N) is 1. The van der Waals surface area contributed by atoms with Crippen LogP contribution in [0.3, 0.4) is 0 Å². The number of hydrogen-bond acceptors (Lipinski definition) is 1. The van der Waals surface area contributed by atoms with Crippen LogP contribution in [0.1, 0.15) is 0 Å². The predicted molar refractivity (Wildman–Crippen MR) is 41.7 cm³/mol. The Labute approximate surface area is 95.9 Å². The molecule has 0 bridgehead atoms. The van der Waals surface area contributed by atoms with Crippen LogP contribution in [-0.4, -0.2) is 30.1 Å². The normalized spacial score (nSPS) is 6.27. The Morgan fingerprint density at radius 3 is 1.73 bits per heavy atom. The molecule has 0 aromatic heterocycles. The maximum Gasteiger partial charge on any atom is 2.00 e. The van der Waals surface area contributed by atoms with Gasteiger partial charge in [0.1, 0.15) is 0 Å². The van der Waals surface area contributed by atoms with Gasteiger partial charge in [-0.1, -0.05) is 18.2 Å². The second kappa shape index (κ2) is 10.4. The molecule has 0 aliphatic heterocycles. The van der Waals surface area contributed by atoms with E-state index in [0.29, 0.717) is 0 Å². The quantitative estimate of drug-likeness (QED) is 0.452. The van der Waals surface area contributed by atoms with Gasteiger partial charge in [0.05, 0.1) is 0 Å². The van der Waals surface area contributed by atoms with Crippen molar-refractivity contribution in [3.05, 3.63) is 30.3 Å². The molecule has 0 amide bonds. The molecule has 0 atom stereocenters. The van der Waals surface area contributed by atoms with Gasteiger partial charge in [-0.05, 0) is 12.1 Å². The number of hydrogen-bond donors (Lipinski definition) is 1. The summed E-state index contributed by atoms with van der Waals surface area (Å²) in [6.45, 7) is 0. The molecule has 4 heteroatoms. The van der Waals surface area contributed by atoms with Crippen molar-refractivity contribution >= 4 is 28.7 Å². The van der Waals surface area contributed by atoms with Gasteiger partial charge in [0, 0.05) is 12.7 Å². The summed E-state index contributed by atoms with van der Waals surface area (Å²) >= 11 is 0. The maximum atomic E-state index is 3.03. The molecule has 0 aliphatic carbocycles. The van der Waals surface area contributed by atoms with Crippen LogP contribution in [0, 0.1) is 0 Å². The molecule has 11 heavy (non-hydrogen) atoms. The fourth-order valence-electron chi connectivity index (χ4n) is 0.605. The zero-order valence-electron chi connectivity index (χ0n) is 6.35. The summed E-state index contributed by atoms with van der Waals surface area (Å²) in [6, 6.07) is 10.1. The summed E-state index contributed by atoms with van der Waals surface area (Å²) in [7, 11) is 1.91. The molecule has 58 valence electrons. The zero-order chi connectivity index (χ0) is 5.82. The molecule has 0 radical (unpaired) electrons. The third kappa shape index (κ3) is 6.75. The van der Waals surface area contributed by atoms with Crippen molar-refractivity contribution in [1.29, 1.82) is 0 Å². The molecular formula is C7H9Cl2MgN. The van der Waals surface area contributed by atoms with Crippen molar-refractivity contribution in [1.82, 2.24) is 0 Å². The van der Waals surface area contributed by atoms with E-state index >= 15 is 0 Å². The van der Waals surface area contributed by atoms with Crippen LogP contribution in [0.25, 0.3) is 0 Å². The van der Waals surface area contributed by atoms with Crippen LogP contribution in [0.5, 0.6) is 0 Å². The third-order valence-electron chi connectivity index (χ3n) is 1.06. The van der Waals surface area contributed by atoms with Crippen LogP contribution in [0.4, 0.5) is 5.69 Å². The van der Waals surface area contributed by atoms with Crippen molar-refractivity contribution in [3.63, 3.8) is 0 Å². The van der Waals surface area contributed by atoms with Crippen molar-refractivity contribution in [2.45, 2.75) is 0 Å². The smallest absolute Gasteiger partial charge is 1.00 e. The molecule has 0 aliphatic rings. The fraction of sp³-hybridized carbons (Fsp3) is 0.143. The van der Waals surface area contributed by atoms with E-state index in [1.54, 1.807) is 0 Å². The average Bonchev–Trinajstić information content (AvgIpc) is 1.90. The van der Waals surface area contributed by atoms with E-state index in [2.05, 4.69) is 5.32 Å². The molecule has 1 aromatic carbocycles. The van der Waals surface area contributed by atoms with E-state index in [4.69, 9.17) is 0 Å². The Bertz CT molecular complexity index is 158. The van der Waals surface area contributed by atoms with Gasteiger partial charge < -0.3 is 30.1 Å². The molecule has 1 rings (SSSR count). The standard InChI is InChI=1S/C7H9N.2ClH.Mg/c1-8-7-5-3-2-4-6-7;;;/h2-6,8H,1H3;2*1H;/q;;;+2/p-2. The van der Waals surface area contributed by atoms with Gasteiger partial charge in [-0.2, -0.15) is 0 Å². The van der Waals surface area contributed by atoms with Crippen LogP contribution < -0.4 is 30.1 Å². The van der Waals surface area contributed by atoms with Crippen molar-refractivity contribution in [2.75, 3.05) is 12.4 Å². The molecule has 0 saturated heterocycles. The van der Waals surface area contributed by atoms with Crippen molar-refractivity contribution < 1.29 is 24.8 Å². The summed E-state index contributed by atoms with van der Waals surface area (Å²) in [5.41, 5.74) is 1.16. The van der Waals surface area contributed by atoms with E-state index in [-0.39, 0.29) is 47.9 Å². The maximum absolute atomic E-state index is 3.03. The predicted octanol–water partition coefficient (Wildman–Crippen LogP) is -4.64. The first-order valence-electron chi connectivity index (χ1n) is 2.66. The van der Waals surface area contributed by atoms with Gasteiger partial charge in [-0.25, -0.2) is 0 Å². The van der Waals surface area contributed by atoms with E-state index in [0.717, 1.165) is 5.69 Å². The summed E-state index contributed by atoms with van der Waals surface area (Å²) < 4.78 is 0. The topological polar surface area (TPSA) is 12.0 Å². The monoisotopic (exact) mass is 201 g/mol. The first-order chi connectivity index (χ1) is 3.93. The Morgan fingerprint density at radius 2 is 1.45 bits per heavy atom. The number of anilines is 1. The molecule has 0 fully saturated rings. The van der Waals surface area contributed by atoms with Crippen molar-refractivity contribution in [2.24, 2.45) is 0 Å². The SMILES string of the molecule is CNc1ccccc1.[Cl-].[Cl-].[Mg+2]. The summed E-state index contributed by atoms with van der Waals surface area (Å²) in [5, 5.41) is 3.03. The molecule has 0 saturated carbocycles. The number of para-hydroxylation sites is 1. The number of benzene rings is 1. The molecule has 1 nitrogen and oxygen atoms in total. The Balaban J connectivity index is -0.000000213. The molecule has 1 aromatic rings. The minimum atomic E-state index is 0. The molecule has 0 unspecified atom stereocenters. The first-order valence-corrected chi connectivity index (χ1v) is 2.66. The van der Waals surface area contributed by atoms with Gasteiger partial charge in [0.15, 0.2) is 0 Å². The van der Waals surface area contributed by atoms with Gasteiger partial charge in [0.2, 0.25) is 0 Å². The van der Waals surface area contributed by atoms with Gasteiger partial charge in [-0.3, -0.25) is 0 Å². The number of rotatable bonds is 1. The second-order valence-corrected chi connectivity index (χ2v) is 1.62. The molecular weight excluding hydrogens is 193 g/mol. The van der Waals surface area contributed by atoms with Crippen LogP contribution >= 0.6 is 0 Å². The van der Waals surface area contributed by atoms with Gasteiger partial charge in [0.25, 0.3) is 0 Å². The van der Waals surface area contributed by atoms with E-state index < -0.39 is 0 Å². The number of halogens is 2. The van der Waals surface area contributed by atoms with E-state index in [1.807, 2.05) is 37.4 Å².